The summed E-state index contributed by atoms with van der Waals surface area (Å²) in [6, 6.07) is 0. The van der Waals surface area contributed by atoms with Crippen molar-refractivity contribution in [3.63, 3.8) is 0 Å². The molecule has 0 radical (unpaired) electrons. The summed E-state index contributed by atoms with van der Waals surface area (Å²) in [4.78, 5) is 11.8. The smallest absolute Gasteiger partial charge is 0.274 e. The highest BCUT2D eigenvalue weighted by Gasteiger charge is 2.32. The van der Waals surface area contributed by atoms with E-state index in [9.17, 15) is 9.36 Å². The van der Waals surface area contributed by atoms with Crippen molar-refractivity contribution in [3.8, 4) is 0 Å². The molecule has 0 aliphatic rings. The summed E-state index contributed by atoms with van der Waals surface area (Å²) in [5.41, 5.74) is 0. The summed E-state index contributed by atoms with van der Waals surface area (Å²) < 4.78 is 14.3. The molecule has 1 N–H and O–H groups in total. The van der Waals surface area contributed by atoms with Crippen LogP contribution in [0, 0.1) is 5.92 Å². The minimum Gasteiger partial charge on any atom is -0.274 e. The third-order valence-corrected chi connectivity index (χ3v) is 7.65. The molecule has 0 bridgehead atoms. The minimum absolute atomic E-state index is 0.0481. The number of amides is 1. The van der Waals surface area contributed by atoms with Gasteiger partial charge in [-0.1, -0.05) is 39.1 Å². The fraction of sp³-hybridized carbons (Fsp3) is 0.909. The lowest BCUT2D eigenvalue weighted by molar-refractivity contribution is -0.126. The Hall–Kier alpha value is 0.0100. The summed E-state index contributed by atoms with van der Waals surface area (Å²) in [6.45, 7) is 8.04. The maximum absolute atomic E-state index is 12.8. The van der Waals surface area contributed by atoms with Crippen LogP contribution in [-0.4, -0.2) is 29.4 Å². The summed E-state index contributed by atoms with van der Waals surface area (Å²) >= 11 is 1.38. The number of hydrogen-bond donors (Lipinski definition) is 1. The highest BCUT2D eigenvalue weighted by atomic mass is 32.7. The molecule has 1 atom stereocenters. The molecule has 0 saturated heterocycles. The molecule has 0 aliphatic heterocycles. The van der Waals surface area contributed by atoms with Gasteiger partial charge in [-0.15, -0.1) is 0 Å². The van der Waals surface area contributed by atoms with E-state index in [0.717, 1.165) is 5.75 Å². The van der Waals surface area contributed by atoms with Gasteiger partial charge >= 0.3 is 0 Å². The van der Waals surface area contributed by atoms with E-state index in [1.807, 2.05) is 13.8 Å². The highest BCUT2D eigenvalue weighted by molar-refractivity contribution is 8.56. The first-order valence-corrected chi connectivity index (χ1v) is 9.46. The Morgan fingerprint density at radius 3 is 2.29 bits per heavy atom. The fourth-order valence-corrected chi connectivity index (χ4v) is 6.65. The summed E-state index contributed by atoms with van der Waals surface area (Å²) in [5.74, 6) is 1.20. The number of carbonyl (C=O) groups is 1. The SMILES string of the molecule is CCNP(=O)(SCC(C)C)N(CC)C(=O)CC. The third kappa shape index (κ3) is 5.45. The van der Waals surface area contributed by atoms with Crippen molar-refractivity contribution in [2.75, 3.05) is 18.8 Å². The molecule has 0 spiro atoms. The Kier molecular flexibility index (Phi) is 8.18. The Morgan fingerprint density at radius 2 is 1.94 bits per heavy atom. The standard InChI is InChI=1S/C11H25N2O2PS/c1-6-11(14)13(8-3)16(15,12-7-2)17-9-10(4)5/h10H,6-9H2,1-5H3,(H,12,15). The minimum atomic E-state index is -2.81. The van der Waals surface area contributed by atoms with Crippen LogP contribution in [0.3, 0.4) is 0 Å². The Labute approximate surface area is 109 Å². The molecule has 0 aromatic rings. The summed E-state index contributed by atoms with van der Waals surface area (Å²) in [6.07, 6.45) is 0.394. The Balaban J connectivity index is 4.88. The lowest BCUT2D eigenvalue weighted by Gasteiger charge is -2.30. The van der Waals surface area contributed by atoms with Gasteiger partial charge in [0.2, 0.25) is 5.91 Å². The van der Waals surface area contributed by atoms with Crippen LogP contribution in [0.5, 0.6) is 0 Å². The second kappa shape index (κ2) is 8.17. The molecule has 4 nitrogen and oxygen atoms in total. The lowest BCUT2D eigenvalue weighted by atomic mass is 10.3. The average Bonchev–Trinajstić information content (AvgIpc) is 2.27. The predicted octanol–water partition coefficient (Wildman–Crippen LogP) is 3.35. The van der Waals surface area contributed by atoms with Crippen molar-refractivity contribution in [2.45, 2.75) is 41.0 Å². The largest absolute Gasteiger partial charge is 0.294 e. The monoisotopic (exact) mass is 280 g/mol. The van der Waals surface area contributed by atoms with Gasteiger partial charge in [0.25, 0.3) is 6.65 Å². The number of nitrogens with zero attached hydrogens (tertiary/aromatic N) is 1. The van der Waals surface area contributed by atoms with E-state index >= 15 is 0 Å². The van der Waals surface area contributed by atoms with Crippen LogP contribution in [0.4, 0.5) is 0 Å². The number of hydrogen-bond acceptors (Lipinski definition) is 3. The van der Waals surface area contributed by atoms with E-state index in [-0.39, 0.29) is 5.91 Å². The van der Waals surface area contributed by atoms with Crippen LogP contribution >= 0.6 is 18.0 Å². The van der Waals surface area contributed by atoms with Crippen LogP contribution in [0.25, 0.3) is 0 Å². The molecule has 1 amide bonds. The van der Waals surface area contributed by atoms with Gasteiger partial charge in [0.05, 0.1) is 0 Å². The van der Waals surface area contributed by atoms with Gasteiger partial charge in [-0.05, 0) is 12.8 Å². The average molecular weight is 280 g/mol. The zero-order valence-corrected chi connectivity index (χ0v) is 13.2. The van der Waals surface area contributed by atoms with Crippen molar-refractivity contribution in [2.24, 2.45) is 5.92 Å². The molecule has 0 heterocycles. The van der Waals surface area contributed by atoms with E-state index in [1.165, 1.54) is 16.1 Å². The fourth-order valence-electron chi connectivity index (χ4n) is 1.34. The van der Waals surface area contributed by atoms with Crippen LogP contribution < -0.4 is 5.09 Å². The van der Waals surface area contributed by atoms with Crippen molar-refractivity contribution in [1.82, 2.24) is 9.76 Å². The van der Waals surface area contributed by atoms with E-state index in [0.29, 0.717) is 25.4 Å². The third-order valence-electron chi connectivity index (χ3n) is 2.15. The molecule has 0 aliphatic carbocycles. The van der Waals surface area contributed by atoms with Crippen molar-refractivity contribution >= 4 is 23.9 Å². The second-order valence-electron chi connectivity index (χ2n) is 4.18. The first-order valence-electron chi connectivity index (χ1n) is 6.21. The molecule has 0 fully saturated rings. The number of carbonyl (C=O) groups excluding carboxylic acids is 1. The first kappa shape index (κ1) is 17.0. The molecule has 17 heavy (non-hydrogen) atoms. The van der Waals surface area contributed by atoms with E-state index in [2.05, 4.69) is 18.9 Å². The van der Waals surface area contributed by atoms with Crippen LogP contribution in [0.2, 0.25) is 0 Å². The van der Waals surface area contributed by atoms with Gasteiger partial charge in [-0.2, -0.15) is 0 Å². The van der Waals surface area contributed by atoms with Crippen molar-refractivity contribution < 1.29 is 9.36 Å². The summed E-state index contributed by atoms with van der Waals surface area (Å²) in [5, 5.41) is 3.00. The van der Waals surface area contributed by atoms with E-state index in [1.54, 1.807) is 6.92 Å². The Bertz CT molecular complexity index is 285. The second-order valence-corrected chi connectivity index (χ2v) is 8.88. The maximum Gasteiger partial charge on any atom is 0.294 e. The molecule has 102 valence electrons. The maximum atomic E-state index is 12.8. The van der Waals surface area contributed by atoms with Crippen molar-refractivity contribution in [3.05, 3.63) is 0 Å². The van der Waals surface area contributed by atoms with E-state index < -0.39 is 6.65 Å². The topological polar surface area (TPSA) is 49.4 Å². The molecular formula is C11H25N2O2PS. The predicted molar refractivity (Wildman–Crippen MR) is 76.3 cm³/mol. The van der Waals surface area contributed by atoms with Gasteiger partial charge in [0.15, 0.2) is 0 Å². The molecular weight excluding hydrogens is 255 g/mol. The molecule has 6 heteroatoms. The molecule has 1 unspecified atom stereocenters. The normalized spacial score (nSPS) is 14.7. The van der Waals surface area contributed by atoms with Crippen LogP contribution in [-0.2, 0) is 9.36 Å². The van der Waals surface area contributed by atoms with Gasteiger partial charge in [0.1, 0.15) is 0 Å². The zero-order chi connectivity index (χ0) is 13.5. The highest BCUT2D eigenvalue weighted by Crippen LogP contribution is 2.58. The summed E-state index contributed by atoms with van der Waals surface area (Å²) in [7, 11) is 0. The van der Waals surface area contributed by atoms with Gasteiger partial charge in [-0.3, -0.25) is 14.0 Å². The lowest BCUT2D eigenvalue weighted by Crippen LogP contribution is -2.31. The zero-order valence-electron chi connectivity index (χ0n) is 11.5. The molecule has 0 saturated carbocycles. The quantitative estimate of drug-likeness (QED) is 0.693. The van der Waals surface area contributed by atoms with Gasteiger partial charge in [0, 0.05) is 25.3 Å². The van der Waals surface area contributed by atoms with Gasteiger partial charge in [-0.25, -0.2) is 5.09 Å². The van der Waals surface area contributed by atoms with E-state index in [4.69, 9.17) is 0 Å². The number of rotatable bonds is 8. The van der Waals surface area contributed by atoms with Crippen LogP contribution in [0.1, 0.15) is 41.0 Å². The molecule has 0 aromatic heterocycles. The number of nitrogens with one attached hydrogen (secondary N) is 1. The Morgan fingerprint density at radius 1 is 1.35 bits per heavy atom. The molecule has 0 rings (SSSR count). The van der Waals surface area contributed by atoms with Crippen molar-refractivity contribution in [1.29, 1.82) is 0 Å². The first-order chi connectivity index (χ1) is 7.91. The molecule has 0 aromatic carbocycles. The van der Waals surface area contributed by atoms with Crippen LogP contribution in [0.15, 0.2) is 0 Å². The van der Waals surface area contributed by atoms with Gasteiger partial charge < -0.3 is 0 Å².